The van der Waals surface area contributed by atoms with E-state index in [1.165, 1.54) is 13.1 Å². The Morgan fingerprint density at radius 2 is 2.12 bits per heavy atom. The van der Waals surface area contributed by atoms with Gasteiger partial charge < -0.3 is 20.1 Å². The number of aliphatic hydroxyl groups excluding tert-OH is 2. The molecule has 10 nitrogen and oxygen atoms in total. The molecule has 0 radical (unpaired) electrons. The standard InChI is InChI=1S/C14H15N5O5/c1-14(23)11(21)9(5-20)24-13(14)19-17-7-3-2-6-10(7)8(18-19)4-15-16-12(6)22/h2-4,9,11,13,20-21,23H,5H2,1H3,(H,16,22)/t9-,11-,13-,14-/m1/s1. The van der Waals surface area contributed by atoms with E-state index < -0.39 is 30.6 Å². The van der Waals surface area contributed by atoms with Crippen LogP contribution >= 0.6 is 0 Å². The van der Waals surface area contributed by atoms with E-state index >= 15 is 0 Å². The fourth-order valence-corrected chi connectivity index (χ4v) is 3.04. The van der Waals surface area contributed by atoms with Gasteiger partial charge in [0, 0.05) is 5.39 Å². The molecule has 3 heterocycles. The van der Waals surface area contributed by atoms with Crippen molar-refractivity contribution < 1.29 is 20.1 Å². The number of aromatic nitrogens is 5. The van der Waals surface area contributed by atoms with Crippen molar-refractivity contribution in [3.63, 3.8) is 0 Å². The molecule has 1 saturated heterocycles. The molecule has 0 amide bonds. The van der Waals surface area contributed by atoms with E-state index in [1.54, 1.807) is 12.1 Å². The number of hydrogen-bond acceptors (Lipinski definition) is 8. The Labute approximate surface area is 134 Å². The van der Waals surface area contributed by atoms with Crippen molar-refractivity contribution in [3.8, 4) is 0 Å². The summed E-state index contributed by atoms with van der Waals surface area (Å²) in [5, 5.41) is 45.6. The molecule has 10 heteroatoms. The summed E-state index contributed by atoms with van der Waals surface area (Å²) in [6.45, 7) is 0.926. The first kappa shape index (κ1) is 15.1. The lowest BCUT2D eigenvalue weighted by Crippen LogP contribution is -2.45. The van der Waals surface area contributed by atoms with Crippen LogP contribution in [0.5, 0.6) is 0 Å². The lowest BCUT2D eigenvalue weighted by Gasteiger charge is -2.26. The molecule has 0 spiro atoms. The predicted molar refractivity (Wildman–Crippen MR) is 81.1 cm³/mol. The molecule has 2 aromatic heterocycles. The normalized spacial score (nSPS) is 30.4. The predicted octanol–water partition coefficient (Wildman–Crippen LogP) is -1.33. The van der Waals surface area contributed by atoms with Gasteiger partial charge in [0.2, 0.25) is 6.23 Å². The zero-order chi connectivity index (χ0) is 17.1. The lowest BCUT2D eigenvalue weighted by atomic mass is 9.97. The smallest absolute Gasteiger partial charge is 0.272 e. The van der Waals surface area contributed by atoms with Gasteiger partial charge >= 0.3 is 0 Å². The topological polar surface area (TPSA) is 146 Å². The van der Waals surface area contributed by atoms with Crippen LogP contribution in [-0.4, -0.2) is 64.9 Å². The maximum atomic E-state index is 11.9. The molecular weight excluding hydrogens is 318 g/mol. The van der Waals surface area contributed by atoms with Gasteiger partial charge in [0.1, 0.15) is 23.3 Å². The summed E-state index contributed by atoms with van der Waals surface area (Å²) in [5.41, 5.74) is -1.22. The van der Waals surface area contributed by atoms with E-state index in [4.69, 9.17) is 4.74 Å². The van der Waals surface area contributed by atoms with Crippen LogP contribution in [-0.2, 0) is 4.74 Å². The van der Waals surface area contributed by atoms with Crippen LogP contribution in [0.15, 0.2) is 23.1 Å². The van der Waals surface area contributed by atoms with E-state index in [1.807, 2.05) is 0 Å². The molecule has 0 unspecified atom stereocenters. The highest BCUT2D eigenvalue weighted by atomic mass is 16.6. The van der Waals surface area contributed by atoms with Crippen molar-refractivity contribution in [2.75, 3.05) is 6.61 Å². The number of aliphatic hydroxyl groups is 3. The van der Waals surface area contributed by atoms with Gasteiger partial charge in [-0.25, -0.2) is 5.10 Å². The van der Waals surface area contributed by atoms with Crippen molar-refractivity contribution >= 4 is 21.8 Å². The monoisotopic (exact) mass is 333 g/mol. The van der Waals surface area contributed by atoms with Gasteiger partial charge in [-0.05, 0) is 19.1 Å². The molecule has 4 N–H and O–H groups in total. The van der Waals surface area contributed by atoms with Crippen molar-refractivity contribution in [2.45, 2.75) is 31.0 Å². The Hall–Kier alpha value is -2.40. The molecule has 0 bridgehead atoms. The van der Waals surface area contributed by atoms with Gasteiger partial charge in [-0.15, -0.1) is 0 Å². The number of rotatable bonds is 2. The molecule has 24 heavy (non-hydrogen) atoms. The Kier molecular flexibility index (Phi) is 3.18. The molecule has 1 aliphatic rings. The highest BCUT2D eigenvalue weighted by molar-refractivity contribution is 6.06. The minimum Gasteiger partial charge on any atom is -0.394 e. The van der Waals surface area contributed by atoms with Crippen LogP contribution in [0.3, 0.4) is 0 Å². The molecule has 4 rings (SSSR count). The zero-order valence-electron chi connectivity index (χ0n) is 12.6. The summed E-state index contributed by atoms with van der Waals surface area (Å²) < 4.78 is 5.51. The summed E-state index contributed by atoms with van der Waals surface area (Å²) >= 11 is 0. The fraction of sp³-hybridized carbons (Fsp3) is 0.429. The van der Waals surface area contributed by atoms with E-state index in [0.717, 1.165) is 4.80 Å². The Bertz CT molecular complexity index is 981. The molecule has 4 atom stereocenters. The Morgan fingerprint density at radius 1 is 1.38 bits per heavy atom. The highest BCUT2D eigenvalue weighted by Gasteiger charge is 2.53. The van der Waals surface area contributed by atoms with Crippen LogP contribution in [0.2, 0.25) is 0 Å². The molecule has 1 aromatic carbocycles. The maximum absolute atomic E-state index is 11.9. The molecule has 0 aliphatic carbocycles. The van der Waals surface area contributed by atoms with Gasteiger partial charge in [-0.2, -0.15) is 20.1 Å². The second kappa shape index (κ2) is 5.05. The third-order valence-electron chi connectivity index (χ3n) is 4.35. The quantitative estimate of drug-likeness (QED) is 0.451. The van der Waals surface area contributed by atoms with E-state index in [2.05, 4.69) is 20.4 Å². The van der Waals surface area contributed by atoms with E-state index in [9.17, 15) is 20.1 Å². The summed E-state index contributed by atoms with van der Waals surface area (Å²) in [5.74, 6) is 0. The van der Waals surface area contributed by atoms with Crippen molar-refractivity contribution in [1.29, 1.82) is 0 Å². The SMILES string of the molecule is C[C@@]1(O)[C@H](O)[C@@H](CO)O[C@H]1n1nc2ccc3c(=O)[nH]ncc(n1)c23. The van der Waals surface area contributed by atoms with Crippen LogP contribution < -0.4 is 5.56 Å². The Balaban J connectivity index is 1.93. The number of nitrogens with zero attached hydrogens (tertiary/aromatic N) is 4. The second-order valence-electron chi connectivity index (χ2n) is 5.99. The molecule has 0 saturated carbocycles. The molecular formula is C14H15N5O5. The van der Waals surface area contributed by atoms with Gasteiger partial charge in [0.15, 0.2) is 0 Å². The van der Waals surface area contributed by atoms with Crippen molar-refractivity contribution in [2.24, 2.45) is 0 Å². The van der Waals surface area contributed by atoms with Crippen LogP contribution in [0.25, 0.3) is 21.8 Å². The maximum Gasteiger partial charge on any atom is 0.272 e. The third-order valence-corrected chi connectivity index (χ3v) is 4.35. The van der Waals surface area contributed by atoms with Gasteiger partial charge in [-0.3, -0.25) is 4.79 Å². The first-order valence-corrected chi connectivity index (χ1v) is 7.33. The molecule has 1 fully saturated rings. The van der Waals surface area contributed by atoms with Crippen molar-refractivity contribution in [1.82, 2.24) is 25.2 Å². The second-order valence-corrected chi connectivity index (χ2v) is 5.99. The molecule has 3 aromatic rings. The number of aromatic amines is 1. The number of nitrogens with one attached hydrogen (secondary N) is 1. The van der Waals surface area contributed by atoms with Crippen molar-refractivity contribution in [3.05, 3.63) is 28.7 Å². The van der Waals surface area contributed by atoms with Crippen LogP contribution in [0, 0.1) is 0 Å². The lowest BCUT2D eigenvalue weighted by molar-refractivity contribution is -0.109. The number of hydrogen-bond donors (Lipinski definition) is 4. The number of H-pyrrole nitrogens is 1. The van der Waals surface area contributed by atoms with Crippen LogP contribution in [0.1, 0.15) is 13.2 Å². The summed E-state index contributed by atoms with van der Waals surface area (Å²) in [7, 11) is 0. The summed E-state index contributed by atoms with van der Waals surface area (Å²) in [6.07, 6.45) is -1.99. The first-order chi connectivity index (χ1) is 11.4. The zero-order valence-corrected chi connectivity index (χ0v) is 12.6. The fourth-order valence-electron chi connectivity index (χ4n) is 3.04. The first-order valence-electron chi connectivity index (χ1n) is 7.33. The highest BCUT2D eigenvalue weighted by Crippen LogP contribution is 2.37. The Morgan fingerprint density at radius 3 is 2.83 bits per heavy atom. The van der Waals surface area contributed by atoms with Gasteiger partial charge in [0.05, 0.1) is 23.7 Å². The minimum atomic E-state index is -1.70. The van der Waals surface area contributed by atoms with Gasteiger partial charge in [0.25, 0.3) is 5.56 Å². The minimum absolute atomic E-state index is 0.360. The summed E-state index contributed by atoms with van der Waals surface area (Å²) in [6, 6.07) is 3.25. The van der Waals surface area contributed by atoms with Crippen LogP contribution in [0.4, 0.5) is 0 Å². The largest absolute Gasteiger partial charge is 0.394 e. The average Bonchev–Trinajstić information content (AvgIpc) is 3.01. The molecule has 1 aliphatic heterocycles. The third kappa shape index (κ3) is 1.97. The van der Waals surface area contributed by atoms with E-state index in [0.29, 0.717) is 21.8 Å². The van der Waals surface area contributed by atoms with Gasteiger partial charge in [-0.1, -0.05) is 0 Å². The summed E-state index contributed by atoms with van der Waals surface area (Å²) in [4.78, 5) is 13.0. The molecule has 126 valence electrons. The van der Waals surface area contributed by atoms with E-state index in [-0.39, 0.29) is 5.56 Å². The number of ether oxygens (including phenoxy) is 1. The average molecular weight is 333 g/mol.